The Morgan fingerprint density at radius 1 is 1.22 bits per heavy atom. The Morgan fingerprint density at radius 2 is 2.00 bits per heavy atom. The quantitative estimate of drug-likeness (QED) is 0.910. The third-order valence-corrected chi connectivity index (χ3v) is 2.39. The predicted octanol–water partition coefficient (Wildman–Crippen LogP) is 3.17. The molecule has 2 N–H and O–H groups in total. The van der Waals surface area contributed by atoms with Crippen LogP contribution in [0.1, 0.15) is 18.5 Å². The number of nitrogens with two attached hydrogens (primary N) is 1. The first kappa shape index (κ1) is 12.4. The molecule has 0 saturated carbocycles. The lowest BCUT2D eigenvalue weighted by Crippen LogP contribution is -2.05. The van der Waals surface area contributed by atoms with Crippen LogP contribution in [0.4, 0.5) is 8.78 Å². The van der Waals surface area contributed by atoms with Gasteiger partial charge in [0.05, 0.1) is 0 Å². The minimum absolute atomic E-state index is 0.141. The van der Waals surface area contributed by atoms with Gasteiger partial charge in [-0.25, -0.2) is 13.8 Å². The number of benzene rings is 1. The molecule has 1 atom stereocenters. The highest BCUT2D eigenvalue weighted by Gasteiger charge is 2.07. The van der Waals surface area contributed by atoms with Crippen LogP contribution < -0.4 is 10.5 Å². The predicted molar refractivity (Wildman–Crippen MR) is 63.3 cm³/mol. The van der Waals surface area contributed by atoms with Gasteiger partial charge < -0.3 is 10.5 Å². The molecule has 2 aromatic rings. The van der Waals surface area contributed by atoms with Gasteiger partial charge in [0.2, 0.25) is 5.88 Å². The van der Waals surface area contributed by atoms with Crippen LogP contribution in [0.15, 0.2) is 36.5 Å². The Kier molecular flexibility index (Phi) is 3.53. The minimum atomic E-state index is -0.644. The Balaban J connectivity index is 2.21. The van der Waals surface area contributed by atoms with Crippen LogP contribution in [0.3, 0.4) is 0 Å². The molecule has 1 aromatic carbocycles. The Bertz CT molecular complexity index is 541. The Morgan fingerprint density at radius 3 is 2.61 bits per heavy atom. The maximum atomic E-state index is 13.3. The molecular formula is C13H12F2N2O. The van der Waals surface area contributed by atoms with Crippen molar-refractivity contribution >= 4 is 0 Å². The highest BCUT2D eigenvalue weighted by atomic mass is 19.1. The van der Waals surface area contributed by atoms with Crippen molar-refractivity contribution in [3.05, 3.63) is 53.7 Å². The van der Waals surface area contributed by atoms with Crippen LogP contribution in [0.2, 0.25) is 0 Å². The first-order valence-corrected chi connectivity index (χ1v) is 5.40. The van der Waals surface area contributed by atoms with E-state index in [0.717, 1.165) is 23.8 Å². The molecule has 94 valence electrons. The van der Waals surface area contributed by atoms with E-state index in [1.54, 1.807) is 12.1 Å². The largest absolute Gasteiger partial charge is 0.436 e. The molecule has 0 aliphatic carbocycles. The molecule has 0 aliphatic heterocycles. The monoisotopic (exact) mass is 250 g/mol. The summed E-state index contributed by atoms with van der Waals surface area (Å²) < 4.78 is 31.4. The maximum absolute atomic E-state index is 13.3. The lowest BCUT2D eigenvalue weighted by Gasteiger charge is -2.08. The van der Waals surface area contributed by atoms with Gasteiger partial charge in [-0.05, 0) is 24.6 Å². The fourth-order valence-electron chi connectivity index (χ4n) is 1.39. The molecule has 0 radical (unpaired) electrons. The molecule has 3 nitrogen and oxygen atoms in total. The van der Waals surface area contributed by atoms with E-state index in [0.29, 0.717) is 0 Å². The van der Waals surface area contributed by atoms with Crippen LogP contribution in [0.25, 0.3) is 0 Å². The molecule has 18 heavy (non-hydrogen) atoms. The van der Waals surface area contributed by atoms with Gasteiger partial charge in [-0.3, -0.25) is 0 Å². The molecule has 0 unspecified atom stereocenters. The molecule has 0 amide bonds. The van der Waals surface area contributed by atoms with Crippen LogP contribution in [0.5, 0.6) is 11.6 Å². The van der Waals surface area contributed by atoms with E-state index in [-0.39, 0.29) is 17.7 Å². The second-order valence-corrected chi connectivity index (χ2v) is 3.90. The summed E-state index contributed by atoms with van der Waals surface area (Å²) in [5.74, 6) is -1.23. The van der Waals surface area contributed by atoms with Crippen molar-refractivity contribution in [3.8, 4) is 11.6 Å². The second kappa shape index (κ2) is 5.10. The fourth-order valence-corrected chi connectivity index (χ4v) is 1.39. The zero-order valence-electron chi connectivity index (χ0n) is 9.73. The Labute approximate surface area is 103 Å². The van der Waals surface area contributed by atoms with E-state index < -0.39 is 11.6 Å². The fraction of sp³-hybridized carbons (Fsp3) is 0.154. The van der Waals surface area contributed by atoms with E-state index in [9.17, 15) is 8.78 Å². The number of hydrogen-bond acceptors (Lipinski definition) is 3. The van der Waals surface area contributed by atoms with Crippen molar-refractivity contribution in [3.63, 3.8) is 0 Å². The number of ether oxygens (including phenoxy) is 1. The normalized spacial score (nSPS) is 12.2. The van der Waals surface area contributed by atoms with E-state index in [2.05, 4.69) is 4.98 Å². The zero-order valence-corrected chi connectivity index (χ0v) is 9.73. The van der Waals surface area contributed by atoms with Gasteiger partial charge in [-0.15, -0.1) is 0 Å². The molecule has 0 spiro atoms. The van der Waals surface area contributed by atoms with Gasteiger partial charge in [-0.2, -0.15) is 0 Å². The van der Waals surface area contributed by atoms with Gasteiger partial charge >= 0.3 is 0 Å². The molecule has 5 heteroatoms. The summed E-state index contributed by atoms with van der Waals surface area (Å²) in [6, 6.07) is 6.14. The number of hydrogen-bond donors (Lipinski definition) is 1. The summed E-state index contributed by atoms with van der Waals surface area (Å²) in [5.41, 5.74) is 6.51. The van der Waals surface area contributed by atoms with Crippen molar-refractivity contribution < 1.29 is 13.5 Å². The number of nitrogens with zero attached hydrogens (tertiary/aromatic N) is 1. The smallest absolute Gasteiger partial charge is 0.219 e. The lowest BCUT2D eigenvalue weighted by atomic mass is 10.2. The van der Waals surface area contributed by atoms with E-state index in [1.165, 1.54) is 6.20 Å². The topological polar surface area (TPSA) is 48.1 Å². The van der Waals surface area contributed by atoms with E-state index >= 15 is 0 Å². The molecular weight excluding hydrogens is 238 g/mol. The van der Waals surface area contributed by atoms with Crippen molar-refractivity contribution in [2.24, 2.45) is 5.73 Å². The van der Waals surface area contributed by atoms with E-state index in [4.69, 9.17) is 10.5 Å². The molecule has 0 fully saturated rings. The third-order valence-electron chi connectivity index (χ3n) is 2.39. The van der Waals surface area contributed by atoms with Crippen molar-refractivity contribution in [2.75, 3.05) is 0 Å². The average molecular weight is 250 g/mol. The van der Waals surface area contributed by atoms with Crippen LogP contribution in [0, 0.1) is 11.6 Å². The Hall–Kier alpha value is -2.01. The summed E-state index contributed by atoms with van der Waals surface area (Å²) in [6.07, 6.45) is 1.54. The molecule has 1 aromatic heterocycles. The van der Waals surface area contributed by atoms with Gasteiger partial charge in [0.25, 0.3) is 0 Å². The third kappa shape index (κ3) is 2.81. The first-order valence-electron chi connectivity index (χ1n) is 5.40. The standard InChI is InChI=1S/C13H12F2N2O/c1-8(16)9-2-5-13(17-7-9)18-12-6-10(14)3-4-11(12)15/h2-8H,16H2,1H3/t8-/m1/s1. The number of pyridine rings is 1. The number of halogens is 2. The van der Waals surface area contributed by atoms with Gasteiger partial charge in [0.1, 0.15) is 5.82 Å². The van der Waals surface area contributed by atoms with Crippen LogP contribution in [-0.4, -0.2) is 4.98 Å². The second-order valence-electron chi connectivity index (χ2n) is 3.90. The molecule has 2 rings (SSSR count). The van der Waals surface area contributed by atoms with Gasteiger partial charge in [-0.1, -0.05) is 6.07 Å². The van der Waals surface area contributed by atoms with Gasteiger partial charge in [0.15, 0.2) is 11.6 Å². The molecule has 1 heterocycles. The van der Waals surface area contributed by atoms with Crippen molar-refractivity contribution in [2.45, 2.75) is 13.0 Å². The zero-order chi connectivity index (χ0) is 13.1. The number of rotatable bonds is 3. The van der Waals surface area contributed by atoms with Crippen LogP contribution in [-0.2, 0) is 0 Å². The number of aromatic nitrogens is 1. The highest BCUT2D eigenvalue weighted by molar-refractivity contribution is 5.30. The van der Waals surface area contributed by atoms with Crippen molar-refractivity contribution in [1.29, 1.82) is 0 Å². The molecule has 0 saturated heterocycles. The lowest BCUT2D eigenvalue weighted by molar-refractivity contribution is 0.422. The SMILES string of the molecule is C[C@@H](N)c1ccc(Oc2cc(F)ccc2F)nc1. The first-order chi connectivity index (χ1) is 8.56. The summed E-state index contributed by atoms with van der Waals surface area (Å²) in [6.45, 7) is 1.82. The summed E-state index contributed by atoms with van der Waals surface area (Å²) in [7, 11) is 0. The molecule has 0 aliphatic rings. The van der Waals surface area contributed by atoms with Crippen LogP contribution >= 0.6 is 0 Å². The maximum Gasteiger partial charge on any atom is 0.219 e. The summed E-state index contributed by atoms with van der Waals surface area (Å²) in [5, 5.41) is 0. The molecule has 0 bridgehead atoms. The minimum Gasteiger partial charge on any atom is -0.436 e. The van der Waals surface area contributed by atoms with E-state index in [1.807, 2.05) is 6.92 Å². The summed E-state index contributed by atoms with van der Waals surface area (Å²) in [4.78, 5) is 3.97. The highest BCUT2D eigenvalue weighted by Crippen LogP contribution is 2.24. The average Bonchev–Trinajstić information content (AvgIpc) is 2.34. The van der Waals surface area contributed by atoms with Gasteiger partial charge in [0, 0.05) is 24.4 Å². The van der Waals surface area contributed by atoms with Crippen molar-refractivity contribution in [1.82, 2.24) is 4.98 Å². The summed E-state index contributed by atoms with van der Waals surface area (Å²) >= 11 is 0.